The number of fused-ring (bicyclic) bond motifs is 1. The number of hydrogen-bond donors (Lipinski definition) is 1. The zero-order valence-electron chi connectivity index (χ0n) is 16.4. The van der Waals surface area contributed by atoms with Crippen molar-refractivity contribution in [2.75, 3.05) is 13.2 Å². The number of para-hydroxylation sites is 2. The number of aliphatic hydroxyl groups excluding tert-OH is 1. The zero-order chi connectivity index (χ0) is 19.3. The first-order chi connectivity index (χ1) is 13.7. The number of benzene rings is 2. The second-order valence-electron chi connectivity index (χ2n) is 7.43. The monoisotopic (exact) mass is 380 g/mol. The van der Waals surface area contributed by atoms with E-state index in [0.717, 1.165) is 54.9 Å². The fourth-order valence-electron chi connectivity index (χ4n) is 3.81. The second kappa shape index (κ2) is 8.76. The van der Waals surface area contributed by atoms with Crippen LogP contribution >= 0.6 is 0 Å². The van der Waals surface area contributed by atoms with Crippen LogP contribution in [0.5, 0.6) is 5.75 Å². The van der Waals surface area contributed by atoms with Gasteiger partial charge < -0.3 is 19.1 Å². The minimum atomic E-state index is -0.631. The van der Waals surface area contributed by atoms with E-state index >= 15 is 0 Å². The standard InChI is InChI=1S/C23H28N2O3/c1-2-6-17-10-12-19(13-11-17)28-16-18(26)15-25-21-8-4-3-7-20(21)24-23(25)22-9-5-14-27-22/h3-4,7-8,10-13,18,22,26H,2,5-6,9,14-16H2,1H3. The summed E-state index contributed by atoms with van der Waals surface area (Å²) in [5.41, 5.74) is 3.27. The van der Waals surface area contributed by atoms with Crippen molar-refractivity contribution in [3.8, 4) is 5.75 Å². The van der Waals surface area contributed by atoms with Crippen LogP contribution in [0.25, 0.3) is 11.0 Å². The molecule has 1 N–H and O–H groups in total. The predicted molar refractivity (Wildman–Crippen MR) is 110 cm³/mol. The molecular weight excluding hydrogens is 352 g/mol. The van der Waals surface area contributed by atoms with Crippen LogP contribution in [0.2, 0.25) is 0 Å². The van der Waals surface area contributed by atoms with E-state index in [-0.39, 0.29) is 12.7 Å². The smallest absolute Gasteiger partial charge is 0.139 e. The molecule has 1 aromatic heterocycles. The van der Waals surface area contributed by atoms with Gasteiger partial charge in [-0.2, -0.15) is 0 Å². The summed E-state index contributed by atoms with van der Waals surface area (Å²) in [6.45, 7) is 3.62. The average molecular weight is 380 g/mol. The summed E-state index contributed by atoms with van der Waals surface area (Å²) in [5.74, 6) is 1.69. The van der Waals surface area contributed by atoms with Gasteiger partial charge in [0.1, 0.15) is 30.4 Å². The lowest BCUT2D eigenvalue weighted by atomic mass is 10.1. The molecule has 1 aliphatic rings. The summed E-state index contributed by atoms with van der Waals surface area (Å²) in [5, 5.41) is 10.6. The number of hydrogen-bond acceptors (Lipinski definition) is 4. The van der Waals surface area contributed by atoms with E-state index in [4.69, 9.17) is 14.5 Å². The molecular formula is C23H28N2O3. The summed E-state index contributed by atoms with van der Waals surface area (Å²) < 4.78 is 13.8. The van der Waals surface area contributed by atoms with Gasteiger partial charge in [0.2, 0.25) is 0 Å². The van der Waals surface area contributed by atoms with Crippen molar-refractivity contribution in [1.29, 1.82) is 0 Å². The van der Waals surface area contributed by atoms with Crippen molar-refractivity contribution in [1.82, 2.24) is 9.55 Å². The number of rotatable bonds is 8. The van der Waals surface area contributed by atoms with Gasteiger partial charge in [0.25, 0.3) is 0 Å². The molecule has 28 heavy (non-hydrogen) atoms. The van der Waals surface area contributed by atoms with Crippen molar-refractivity contribution in [2.45, 2.75) is 51.4 Å². The molecule has 0 bridgehead atoms. The zero-order valence-corrected chi connectivity index (χ0v) is 16.4. The van der Waals surface area contributed by atoms with Gasteiger partial charge in [0, 0.05) is 6.61 Å². The van der Waals surface area contributed by atoms with Crippen LogP contribution < -0.4 is 4.74 Å². The van der Waals surface area contributed by atoms with Gasteiger partial charge in [-0.05, 0) is 49.1 Å². The van der Waals surface area contributed by atoms with Crippen LogP contribution in [0.4, 0.5) is 0 Å². The van der Waals surface area contributed by atoms with Crippen LogP contribution in [0.3, 0.4) is 0 Å². The van der Waals surface area contributed by atoms with Gasteiger partial charge in [-0.15, -0.1) is 0 Å². The molecule has 3 aromatic rings. The Balaban J connectivity index is 1.45. The maximum Gasteiger partial charge on any atom is 0.139 e. The highest BCUT2D eigenvalue weighted by Crippen LogP contribution is 2.30. The first kappa shape index (κ1) is 19.0. The molecule has 2 atom stereocenters. The van der Waals surface area contributed by atoms with Gasteiger partial charge >= 0.3 is 0 Å². The summed E-state index contributed by atoms with van der Waals surface area (Å²) in [7, 11) is 0. The fourth-order valence-corrected chi connectivity index (χ4v) is 3.81. The predicted octanol–water partition coefficient (Wildman–Crippen LogP) is 4.28. The number of nitrogens with zero attached hydrogens (tertiary/aromatic N) is 2. The topological polar surface area (TPSA) is 56.5 Å². The van der Waals surface area contributed by atoms with Crippen LogP contribution in [0, 0.1) is 0 Å². The Morgan fingerprint density at radius 3 is 2.79 bits per heavy atom. The Morgan fingerprint density at radius 1 is 1.21 bits per heavy atom. The molecule has 1 saturated heterocycles. The third kappa shape index (κ3) is 4.21. The molecule has 0 saturated carbocycles. The van der Waals surface area contributed by atoms with E-state index in [1.54, 1.807) is 0 Å². The molecule has 4 rings (SSSR count). The van der Waals surface area contributed by atoms with Gasteiger partial charge in [0.05, 0.1) is 17.6 Å². The largest absolute Gasteiger partial charge is 0.491 e. The van der Waals surface area contributed by atoms with Crippen molar-refractivity contribution in [2.24, 2.45) is 0 Å². The molecule has 148 valence electrons. The van der Waals surface area contributed by atoms with E-state index in [2.05, 4.69) is 23.6 Å². The molecule has 1 aliphatic heterocycles. The lowest BCUT2D eigenvalue weighted by Crippen LogP contribution is -2.25. The second-order valence-corrected chi connectivity index (χ2v) is 7.43. The third-order valence-corrected chi connectivity index (χ3v) is 5.20. The lowest BCUT2D eigenvalue weighted by molar-refractivity contribution is 0.0806. The van der Waals surface area contributed by atoms with Crippen molar-refractivity contribution >= 4 is 11.0 Å². The van der Waals surface area contributed by atoms with Crippen LogP contribution in [0.15, 0.2) is 48.5 Å². The molecule has 5 nitrogen and oxygen atoms in total. The lowest BCUT2D eigenvalue weighted by Gasteiger charge is -2.18. The first-order valence-corrected chi connectivity index (χ1v) is 10.2. The maximum absolute atomic E-state index is 10.6. The van der Waals surface area contributed by atoms with Gasteiger partial charge in [-0.25, -0.2) is 4.98 Å². The van der Waals surface area contributed by atoms with Gasteiger partial charge in [-0.3, -0.25) is 0 Å². The van der Waals surface area contributed by atoms with Crippen LogP contribution in [0.1, 0.15) is 43.7 Å². The minimum Gasteiger partial charge on any atom is -0.491 e. The van der Waals surface area contributed by atoms with E-state index in [0.29, 0.717) is 6.54 Å². The highest BCUT2D eigenvalue weighted by Gasteiger charge is 2.25. The number of aromatic nitrogens is 2. The van der Waals surface area contributed by atoms with E-state index in [1.165, 1.54) is 5.56 Å². The van der Waals surface area contributed by atoms with Crippen LogP contribution in [-0.4, -0.2) is 34.0 Å². The minimum absolute atomic E-state index is 0.00614. The Kier molecular flexibility index (Phi) is 5.93. The normalized spacial score (nSPS) is 17.9. The molecule has 0 amide bonds. The molecule has 5 heteroatoms. The fraction of sp³-hybridized carbons (Fsp3) is 0.435. The van der Waals surface area contributed by atoms with E-state index < -0.39 is 6.10 Å². The molecule has 0 aliphatic carbocycles. The summed E-state index contributed by atoms with van der Waals surface area (Å²) >= 11 is 0. The molecule has 2 aromatic carbocycles. The Morgan fingerprint density at radius 2 is 2.04 bits per heavy atom. The molecule has 0 radical (unpaired) electrons. The van der Waals surface area contributed by atoms with Gasteiger partial charge in [0.15, 0.2) is 0 Å². The highest BCUT2D eigenvalue weighted by atomic mass is 16.5. The summed E-state index contributed by atoms with van der Waals surface area (Å²) in [4.78, 5) is 4.78. The van der Waals surface area contributed by atoms with Crippen molar-refractivity contribution < 1.29 is 14.6 Å². The van der Waals surface area contributed by atoms with E-state index in [9.17, 15) is 5.11 Å². The van der Waals surface area contributed by atoms with Crippen molar-refractivity contribution in [3.05, 3.63) is 59.9 Å². The molecule has 0 spiro atoms. The number of ether oxygens (including phenoxy) is 2. The maximum atomic E-state index is 10.6. The Bertz CT molecular complexity index is 898. The molecule has 2 unspecified atom stereocenters. The quantitative estimate of drug-likeness (QED) is 0.634. The average Bonchev–Trinajstić information content (AvgIpc) is 3.36. The van der Waals surface area contributed by atoms with Gasteiger partial charge in [-0.1, -0.05) is 37.6 Å². The number of imidazole rings is 1. The Labute approximate surface area is 165 Å². The third-order valence-electron chi connectivity index (χ3n) is 5.20. The molecule has 2 heterocycles. The van der Waals surface area contributed by atoms with Crippen LogP contribution in [-0.2, 0) is 17.7 Å². The number of aryl methyl sites for hydroxylation is 1. The number of aliphatic hydroxyl groups is 1. The SMILES string of the molecule is CCCc1ccc(OCC(O)Cn2c(C3CCCO3)nc3ccccc32)cc1. The Hall–Kier alpha value is -2.37. The first-order valence-electron chi connectivity index (χ1n) is 10.2. The highest BCUT2D eigenvalue weighted by molar-refractivity contribution is 5.76. The summed E-state index contributed by atoms with van der Waals surface area (Å²) in [6.07, 6.45) is 3.60. The van der Waals surface area contributed by atoms with E-state index in [1.807, 2.05) is 36.4 Å². The summed E-state index contributed by atoms with van der Waals surface area (Å²) in [6, 6.07) is 16.2. The van der Waals surface area contributed by atoms with Crippen molar-refractivity contribution in [3.63, 3.8) is 0 Å². The molecule has 1 fully saturated rings.